The first-order chi connectivity index (χ1) is 33.7. The van der Waals surface area contributed by atoms with Gasteiger partial charge in [0.15, 0.2) is 17.5 Å². The van der Waals surface area contributed by atoms with E-state index in [9.17, 15) is 0 Å². The predicted octanol–water partition coefficient (Wildman–Crippen LogP) is 15.9. The lowest BCUT2D eigenvalue weighted by Crippen LogP contribution is -2.03. The van der Waals surface area contributed by atoms with E-state index in [1.54, 1.807) is 0 Å². The summed E-state index contributed by atoms with van der Waals surface area (Å²) in [6.07, 6.45) is 6.93. The number of para-hydroxylation sites is 2. The molecule has 0 aliphatic carbocycles. The molecule has 5 heteroatoms. The third kappa shape index (κ3) is 6.78. The maximum Gasteiger partial charge on any atom is 0.164 e. The maximum atomic E-state index is 5.41. The molecule has 4 nitrogen and oxygen atoms in total. The van der Waals surface area contributed by atoms with Crippen LogP contribution in [0.25, 0.3) is 99.9 Å². The average molecular weight is 887 g/mol. The molecule has 13 rings (SSSR count). The second-order valence-electron chi connectivity index (χ2n) is 17.2. The van der Waals surface area contributed by atoms with Gasteiger partial charge in [-0.15, -0.1) is 10.5 Å². The van der Waals surface area contributed by atoms with Crippen LogP contribution in [0.15, 0.2) is 243 Å². The summed E-state index contributed by atoms with van der Waals surface area (Å²) in [7, 11) is -0.280. The number of allylic oxidation sites excluding steroid dienone is 3. The van der Waals surface area contributed by atoms with Crippen molar-refractivity contribution in [3.63, 3.8) is 0 Å². The fourth-order valence-electron chi connectivity index (χ4n) is 10.2. The Morgan fingerprint density at radius 2 is 0.941 bits per heavy atom. The zero-order valence-electron chi connectivity index (χ0n) is 37.0. The zero-order chi connectivity index (χ0) is 45.0. The molecule has 9 aromatic carbocycles. The molecule has 320 valence electrons. The van der Waals surface area contributed by atoms with E-state index in [0.29, 0.717) is 17.5 Å². The maximum absolute atomic E-state index is 5.41. The van der Waals surface area contributed by atoms with Gasteiger partial charge in [-0.3, -0.25) is 0 Å². The predicted molar refractivity (Wildman–Crippen MR) is 286 cm³/mol. The highest BCUT2D eigenvalue weighted by Gasteiger charge is 2.30. The minimum Gasteiger partial charge on any atom is -0.309 e. The number of benzene rings is 9. The first kappa shape index (κ1) is 39.8. The van der Waals surface area contributed by atoms with E-state index in [1.807, 2.05) is 36.4 Å². The average Bonchev–Trinajstić information content (AvgIpc) is 3.98. The molecule has 11 aromatic rings. The molecule has 68 heavy (non-hydrogen) atoms. The molecule has 0 spiro atoms. The molecule has 0 amide bonds. The largest absolute Gasteiger partial charge is 0.309 e. The second kappa shape index (κ2) is 16.7. The van der Waals surface area contributed by atoms with Crippen molar-refractivity contribution in [2.45, 2.75) is 5.75 Å². The van der Waals surface area contributed by atoms with Gasteiger partial charge in [0.25, 0.3) is 0 Å². The molecule has 2 aliphatic rings. The molecule has 1 unspecified atom stereocenters. The van der Waals surface area contributed by atoms with Gasteiger partial charge < -0.3 is 4.57 Å². The van der Waals surface area contributed by atoms with E-state index in [0.717, 1.165) is 50.3 Å². The Morgan fingerprint density at radius 3 is 1.57 bits per heavy atom. The first-order valence-electron chi connectivity index (χ1n) is 23.1. The van der Waals surface area contributed by atoms with Crippen LogP contribution in [0.3, 0.4) is 0 Å². The Labute approximate surface area is 397 Å². The summed E-state index contributed by atoms with van der Waals surface area (Å²) >= 11 is 0. The molecule has 1 atom stereocenters. The van der Waals surface area contributed by atoms with Crippen molar-refractivity contribution in [1.29, 1.82) is 0 Å². The van der Waals surface area contributed by atoms with Gasteiger partial charge in [0.1, 0.15) is 0 Å². The Morgan fingerprint density at radius 1 is 0.397 bits per heavy atom. The highest BCUT2D eigenvalue weighted by molar-refractivity contribution is 8.24. The van der Waals surface area contributed by atoms with E-state index < -0.39 is 0 Å². The number of rotatable bonds is 8. The molecule has 0 radical (unpaired) electrons. The van der Waals surface area contributed by atoms with Gasteiger partial charge in [0, 0.05) is 48.7 Å². The summed E-state index contributed by atoms with van der Waals surface area (Å²) in [6, 6.07) is 80.0. The van der Waals surface area contributed by atoms with Gasteiger partial charge in [0.2, 0.25) is 0 Å². The quantitative estimate of drug-likeness (QED) is 0.143. The number of nitrogens with zero attached hydrogens (tertiary/aromatic N) is 4. The van der Waals surface area contributed by atoms with Crippen LogP contribution in [0.1, 0.15) is 16.7 Å². The lowest BCUT2D eigenvalue weighted by Gasteiger charge is -2.21. The SMILES string of the molecule is C1=CC2=S(Cc3c2ccc2c3c3ccccc3n2-c2ccccc2)C(c2ccc(-c3c(-c4ccccc4)cccc3-c3ccccc3)cc2-c2nc(-c3ccccc3)nc(-c3ccccc3)n2)=C1. The fourth-order valence-corrected chi connectivity index (χ4v) is 12.7. The van der Waals surface area contributed by atoms with Crippen molar-refractivity contribution in [1.82, 2.24) is 19.5 Å². The molecule has 2 aromatic heterocycles. The van der Waals surface area contributed by atoms with E-state index in [4.69, 9.17) is 15.0 Å². The van der Waals surface area contributed by atoms with Crippen LogP contribution in [0, 0.1) is 0 Å². The molecule has 0 saturated carbocycles. The summed E-state index contributed by atoms with van der Waals surface area (Å²) in [5.74, 6) is 2.81. The molecule has 0 saturated heterocycles. The van der Waals surface area contributed by atoms with Gasteiger partial charge in [-0.1, -0.05) is 200 Å². The van der Waals surface area contributed by atoms with Crippen molar-refractivity contribution >= 4 is 42.1 Å². The molecule has 0 N–H and O–H groups in total. The molecule has 4 heterocycles. The topological polar surface area (TPSA) is 43.6 Å². The highest BCUT2D eigenvalue weighted by atomic mass is 32.2. The highest BCUT2D eigenvalue weighted by Crippen LogP contribution is 2.52. The minimum atomic E-state index is -0.280. The molecular weight excluding hydrogens is 845 g/mol. The van der Waals surface area contributed by atoms with Gasteiger partial charge in [0.05, 0.1) is 11.0 Å². The number of hydrogen-bond donors (Lipinski definition) is 0. The van der Waals surface area contributed by atoms with Crippen LogP contribution < -0.4 is 0 Å². The molecular formula is C63H42N4S. The summed E-state index contributed by atoms with van der Waals surface area (Å²) in [5.41, 5.74) is 17.2. The number of aromatic nitrogens is 4. The van der Waals surface area contributed by atoms with Gasteiger partial charge in [-0.2, -0.15) is 0 Å². The van der Waals surface area contributed by atoms with E-state index in [2.05, 4.69) is 211 Å². The normalized spacial score (nSPS) is 14.0. The van der Waals surface area contributed by atoms with Gasteiger partial charge >= 0.3 is 0 Å². The summed E-state index contributed by atoms with van der Waals surface area (Å²) in [5, 5.41) is 2.62. The monoisotopic (exact) mass is 886 g/mol. The molecule has 0 bridgehead atoms. The van der Waals surface area contributed by atoms with Crippen LogP contribution in [0.4, 0.5) is 0 Å². The smallest absolute Gasteiger partial charge is 0.164 e. The lowest BCUT2D eigenvalue weighted by molar-refractivity contribution is 1.07. The standard InChI is InChI=1S/C63H42N4S/c1-6-20-42(21-7-1)48-31-18-32-49(43-22-8-2-9-23-43)59(48)46-36-37-50(53(40-46)63-65-61(44-24-10-3-11-25-44)64-62(66-63)45-26-12-4-13-27-45)57-34-19-35-58-51-38-39-56-60(54(51)41-68(57)58)52-30-16-17-33-55(52)67(56)47-28-14-5-15-29-47/h1-40H,41H2. The van der Waals surface area contributed by atoms with Gasteiger partial charge in [-0.25, -0.2) is 15.0 Å². The summed E-state index contributed by atoms with van der Waals surface area (Å²) in [4.78, 5) is 18.6. The first-order valence-corrected chi connectivity index (χ1v) is 24.5. The van der Waals surface area contributed by atoms with Crippen LogP contribution in [0.2, 0.25) is 0 Å². The number of fused-ring (bicyclic) bond motifs is 6. The van der Waals surface area contributed by atoms with E-state index >= 15 is 0 Å². The third-order valence-corrected chi connectivity index (χ3v) is 15.6. The second-order valence-corrected chi connectivity index (χ2v) is 19.2. The van der Waals surface area contributed by atoms with Crippen LogP contribution in [-0.2, 0) is 5.75 Å². The number of hydrogen-bond acceptors (Lipinski definition) is 3. The Hall–Kier alpha value is -8.51. The lowest BCUT2D eigenvalue weighted by atomic mass is 9.86. The molecule has 2 aliphatic heterocycles. The van der Waals surface area contributed by atoms with Crippen molar-refractivity contribution in [3.05, 3.63) is 259 Å². The van der Waals surface area contributed by atoms with Crippen molar-refractivity contribution in [3.8, 4) is 73.2 Å². The Bertz CT molecular complexity index is 3720. The van der Waals surface area contributed by atoms with Crippen molar-refractivity contribution in [2.24, 2.45) is 0 Å². The van der Waals surface area contributed by atoms with Gasteiger partial charge in [-0.05, 0) is 92.6 Å². The molecule has 0 fully saturated rings. The zero-order valence-corrected chi connectivity index (χ0v) is 37.8. The van der Waals surface area contributed by atoms with Crippen molar-refractivity contribution in [2.75, 3.05) is 0 Å². The van der Waals surface area contributed by atoms with E-state index in [1.165, 1.54) is 59.5 Å². The van der Waals surface area contributed by atoms with Crippen LogP contribution >= 0.6 is 10.5 Å². The summed E-state index contributed by atoms with van der Waals surface area (Å²) < 4.78 is 2.43. The van der Waals surface area contributed by atoms with Crippen molar-refractivity contribution < 1.29 is 0 Å². The van der Waals surface area contributed by atoms with Crippen LogP contribution in [0.5, 0.6) is 0 Å². The van der Waals surface area contributed by atoms with E-state index in [-0.39, 0.29) is 10.5 Å². The summed E-state index contributed by atoms with van der Waals surface area (Å²) in [6.45, 7) is 0. The third-order valence-electron chi connectivity index (χ3n) is 13.3. The minimum absolute atomic E-state index is 0.280. The Kier molecular flexibility index (Phi) is 9.80. The van der Waals surface area contributed by atoms with Crippen LogP contribution in [-0.4, -0.2) is 24.4 Å². The Balaban J connectivity index is 1.05. The fraction of sp³-hybridized carbons (Fsp3) is 0.0159.